The normalized spacial score (nSPS) is 14.9. The van der Waals surface area contributed by atoms with Crippen LogP contribution in [0, 0.1) is 5.82 Å². The lowest BCUT2D eigenvalue weighted by molar-refractivity contribution is 0.0772. The Kier molecular flexibility index (Phi) is 7.30. The van der Waals surface area contributed by atoms with Crippen LogP contribution in [0.5, 0.6) is 0 Å². The highest BCUT2D eigenvalue weighted by Crippen LogP contribution is 2.25. The number of halogens is 1. The summed E-state index contributed by atoms with van der Waals surface area (Å²) >= 11 is 0. The minimum Gasteiger partial charge on any atom is -0.367 e. The summed E-state index contributed by atoms with van der Waals surface area (Å²) in [6.45, 7) is 7.39. The number of carbonyl (C=O) groups excluding carboxylic acids is 2. The zero-order valence-corrected chi connectivity index (χ0v) is 19.4. The average Bonchev–Trinajstić information content (AvgIpc) is 2.80. The molecule has 1 amide bonds. The molecule has 3 rings (SSSR count). The summed E-state index contributed by atoms with van der Waals surface area (Å²) in [5.74, 6) is -0.843. The fourth-order valence-corrected chi connectivity index (χ4v) is 5.19. The SMILES string of the molecule is CCN(CC)C(=O)c1ccc(S(=O)(=O)N2CCN(c3ccc(C(C)=O)cc3F)CC2)cc1. The number of Topliss-reactive ketones (excluding diaryl/α,β-unsaturated/α-hetero) is 1. The lowest BCUT2D eigenvalue weighted by atomic mass is 10.1. The van der Waals surface area contributed by atoms with Crippen molar-refractivity contribution in [2.24, 2.45) is 0 Å². The first-order valence-corrected chi connectivity index (χ1v) is 12.1. The van der Waals surface area contributed by atoms with E-state index in [4.69, 9.17) is 0 Å². The first-order chi connectivity index (χ1) is 15.2. The number of ketones is 1. The van der Waals surface area contributed by atoms with Gasteiger partial charge >= 0.3 is 0 Å². The van der Waals surface area contributed by atoms with Crippen molar-refractivity contribution in [1.29, 1.82) is 0 Å². The molecule has 0 aliphatic carbocycles. The van der Waals surface area contributed by atoms with E-state index in [9.17, 15) is 22.4 Å². The molecule has 172 valence electrons. The minimum atomic E-state index is -3.73. The van der Waals surface area contributed by atoms with E-state index in [1.165, 1.54) is 41.6 Å². The third-order valence-corrected chi connectivity index (χ3v) is 7.64. The van der Waals surface area contributed by atoms with E-state index in [1.807, 2.05) is 13.8 Å². The number of amides is 1. The Morgan fingerprint density at radius 3 is 2.00 bits per heavy atom. The molecule has 0 spiro atoms. The van der Waals surface area contributed by atoms with Crippen LogP contribution in [0.15, 0.2) is 47.4 Å². The van der Waals surface area contributed by atoms with Crippen LogP contribution in [0.1, 0.15) is 41.5 Å². The Morgan fingerprint density at radius 1 is 0.938 bits per heavy atom. The molecule has 9 heteroatoms. The van der Waals surface area contributed by atoms with E-state index < -0.39 is 15.8 Å². The molecule has 1 heterocycles. The largest absolute Gasteiger partial charge is 0.367 e. The van der Waals surface area contributed by atoms with Gasteiger partial charge in [0.2, 0.25) is 10.0 Å². The van der Waals surface area contributed by atoms with Crippen molar-refractivity contribution in [2.45, 2.75) is 25.7 Å². The number of carbonyl (C=O) groups is 2. The number of rotatable bonds is 7. The van der Waals surface area contributed by atoms with Gasteiger partial charge in [-0.25, -0.2) is 12.8 Å². The number of benzene rings is 2. The van der Waals surface area contributed by atoms with Crippen molar-refractivity contribution in [2.75, 3.05) is 44.2 Å². The predicted octanol–water partition coefficient (Wildman–Crippen LogP) is 3.02. The summed E-state index contributed by atoms with van der Waals surface area (Å²) in [5, 5.41) is 0. The lowest BCUT2D eigenvalue weighted by Crippen LogP contribution is -2.48. The van der Waals surface area contributed by atoms with Crippen LogP contribution in [0.3, 0.4) is 0 Å². The van der Waals surface area contributed by atoms with Crippen LogP contribution in [0.4, 0.5) is 10.1 Å². The topological polar surface area (TPSA) is 78.0 Å². The van der Waals surface area contributed by atoms with Gasteiger partial charge < -0.3 is 9.80 Å². The van der Waals surface area contributed by atoms with Gasteiger partial charge in [-0.3, -0.25) is 9.59 Å². The maximum Gasteiger partial charge on any atom is 0.253 e. The summed E-state index contributed by atoms with van der Waals surface area (Å²) in [5.41, 5.74) is 1.10. The van der Waals surface area contributed by atoms with Gasteiger partial charge in [0.25, 0.3) is 5.91 Å². The van der Waals surface area contributed by atoms with Gasteiger partial charge in [0.05, 0.1) is 10.6 Å². The Labute approximate surface area is 188 Å². The predicted molar refractivity (Wildman–Crippen MR) is 121 cm³/mol. The number of hydrogen-bond donors (Lipinski definition) is 0. The van der Waals surface area contributed by atoms with Crippen molar-refractivity contribution < 1.29 is 22.4 Å². The minimum absolute atomic E-state index is 0.124. The Hall–Kier alpha value is -2.78. The summed E-state index contributed by atoms with van der Waals surface area (Å²) in [4.78, 5) is 27.4. The molecule has 1 aliphatic heterocycles. The zero-order chi connectivity index (χ0) is 23.5. The molecule has 32 heavy (non-hydrogen) atoms. The summed E-state index contributed by atoms with van der Waals surface area (Å²) in [6.07, 6.45) is 0. The monoisotopic (exact) mass is 461 g/mol. The van der Waals surface area contributed by atoms with E-state index in [-0.39, 0.29) is 29.7 Å². The molecule has 0 saturated carbocycles. The molecular formula is C23H28FN3O4S. The highest BCUT2D eigenvalue weighted by molar-refractivity contribution is 7.89. The zero-order valence-electron chi connectivity index (χ0n) is 18.5. The number of anilines is 1. The van der Waals surface area contributed by atoms with Crippen molar-refractivity contribution in [3.05, 3.63) is 59.4 Å². The smallest absolute Gasteiger partial charge is 0.253 e. The summed E-state index contributed by atoms with van der Waals surface area (Å²) in [7, 11) is -3.73. The first kappa shape index (κ1) is 23.9. The van der Waals surface area contributed by atoms with Gasteiger partial charge in [-0.15, -0.1) is 0 Å². The van der Waals surface area contributed by atoms with E-state index in [0.29, 0.717) is 43.0 Å². The lowest BCUT2D eigenvalue weighted by Gasteiger charge is -2.35. The molecule has 1 fully saturated rings. The fraction of sp³-hybridized carbons (Fsp3) is 0.391. The van der Waals surface area contributed by atoms with Crippen molar-refractivity contribution in [1.82, 2.24) is 9.21 Å². The molecule has 0 aromatic heterocycles. The Morgan fingerprint density at radius 2 is 1.50 bits per heavy atom. The van der Waals surface area contributed by atoms with Gasteiger partial charge in [0.15, 0.2) is 5.78 Å². The summed E-state index contributed by atoms with van der Waals surface area (Å²) in [6, 6.07) is 10.3. The van der Waals surface area contributed by atoms with Crippen LogP contribution < -0.4 is 4.90 Å². The molecule has 7 nitrogen and oxygen atoms in total. The third-order valence-electron chi connectivity index (χ3n) is 5.72. The van der Waals surface area contributed by atoms with E-state index >= 15 is 0 Å². The maximum atomic E-state index is 14.4. The number of nitrogens with zero attached hydrogens (tertiary/aromatic N) is 3. The van der Waals surface area contributed by atoms with Crippen molar-refractivity contribution >= 4 is 27.4 Å². The van der Waals surface area contributed by atoms with Gasteiger partial charge in [-0.05, 0) is 63.2 Å². The molecule has 0 radical (unpaired) electrons. The van der Waals surface area contributed by atoms with Gasteiger partial charge in [0.1, 0.15) is 5.82 Å². The molecule has 0 unspecified atom stereocenters. The van der Waals surface area contributed by atoms with Gasteiger partial charge in [0, 0.05) is 50.4 Å². The second kappa shape index (κ2) is 9.79. The molecule has 2 aromatic rings. The molecule has 0 atom stereocenters. The third kappa shape index (κ3) is 4.83. The van der Waals surface area contributed by atoms with Crippen LogP contribution in [0.25, 0.3) is 0 Å². The number of sulfonamides is 1. The molecule has 1 aliphatic rings. The highest BCUT2D eigenvalue weighted by Gasteiger charge is 2.29. The second-order valence-corrected chi connectivity index (χ2v) is 9.55. The van der Waals surface area contributed by atoms with Gasteiger partial charge in [-0.2, -0.15) is 4.31 Å². The van der Waals surface area contributed by atoms with Crippen molar-refractivity contribution in [3.8, 4) is 0 Å². The van der Waals surface area contributed by atoms with E-state index in [2.05, 4.69) is 0 Å². The quantitative estimate of drug-likeness (QED) is 0.593. The van der Waals surface area contributed by atoms with Crippen LogP contribution in [-0.2, 0) is 10.0 Å². The molecule has 0 N–H and O–H groups in total. The highest BCUT2D eigenvalue weighted by atomic mass is 32.2. The standard InChI is InChI=1S/C23H28FN3O4S/c1-4-25(5-2)23(29)18-6-9-20(10-7-18)32(30,31)27-14-12-26(13-15-27)22-11-8-19(17(3)28)16-21(22)24/h6-11,16H,4-5,12-15H2,1-3H3. The number of piperazine rings is 1. The van der Waals surface area contributed by atoms with Crippen LogP contribution in [-0.4, -0.2) is 68.6 Å². The molecule has 1 saturated heterocycles. The van der Waals surface area contributed by atoms with Gasteiger partial charge in [-0.1, -0.05) is 0 Å². The fourth-order valence-electron chi connectivity index (χ4n) is 3.76. The average molecular weight is 462 g/mol. The van der Waals surface area contributed by atoms with Crippen LogP contribution in [0.2, 0.25) is 0 Å². The van der Waals surface area contributed by atoms with E-state index in [0.717, 1.165) is 0 Å². The van der Waals surface area contributed by atoms with Crippen LogP contribution >= 0.6 is 0 Å². The second-order valence-electron chi connectivity index (χ2n) is 7.62. The molecule has 0 bridgehead atoms. The summed E-state index contributed by atoms with van der Waals surface area (Å²) < 4.78 is 41.9. The Bertz CT molecular complexity index is 1090. The molecular weight excluding hydrogens is 433 g/mol. The van der Waals surface area contributed by atoms with E-state index in [1.54, 1.807) is 21.9 Å². The maximum absolute atomic E-state index is 14.4. The molecule has 2 aromatic carbocycles. The first-order valence-electron chi connectivity index (χ1n) is 10.6. The van der Waals surface area contributed by atoms with Crippen molar-refractivity contribution in [3.63, 3.8) is 0 Å². The number of hydrogen-bond acceptors (Lipinski definition) is 5. The Balaban J connectivity index is 1.70.